The van der Waals surface area contributed by atoms with E-state index in [2.05, 4.69) is 20.2 Å². The number of aromatic amines is 1. The number of amides is 1. The number of anilines is 1. The quantitative estimate of drug-likeness (QED) is 0.533. The molecule has 8 nitrogen and oxygen atoms in total. The lowest BCUT2D eigenvalue weighted by Gasteiger charge is -2.36. The molecule has 0 aliphatic carbocycles. The van der Waals surface area contributed by atoms with Gasteiger partial charge in [0.1, 0.15) is 11.4 Å². The molecule has 3 heterocycles. The van der Waals surface area contributed by atoms with Crippen molar-refractivity contribution in [1.82, 2.24) is 20.2 Å². The minimum absolute atomic E-state index is 0.00448. The third-order valence-corrected chi connectivity index (χ3v) is 5.79. The highest BCUT2D eigenvalue weighted by molar-refractivity contribution is 5.92. The molecule has 2 aromatic heterocycles. The maximum atomic E-state index is 14.5. The Morgan fingerprint density at radius 2 is 1.94 bits per heavy atom. The Morgan fingerprint density at radius 3 is 2.59 bits per heavy atom. The summed E-state index contributed by atoms with van der Waals surface area (Å²) in [6.07, 6.45) is 0. The van der Waals surface area contributed by atoms with Crippen molar-refractivity contribution >= 4 is 22.5 Å². The summed E-state index contributed by atoms with van der Waals surface area (Å²) in [7, 11) is 1.45. The molecule has 0 atom stereocenters. The van der Waals surface area contributed by atoms with Crippen molar-refractivity contribution < 1.29 is 22.7 Å². The smallest absolute Gasteiger partial charge is 0.387 e. The average Bonchev–Trinajstić information content (AvgIpc) is 2.80. The highest BCUT2D eigenvalue weighted by atomic mass is 19.3. The Balaban J connectivity index is 1.49. The molecule has 0 bridgehead atoms. The van der Waals surface area contributed by atoms with Gasteiger partial charge >= 0.3 is 6.61 Å². The number of nitrogens with zero attached hydrogens (tertiary/aromatic N) is 3. The zero-order valence-corrected chi connectivity index (χ0v) is 18.7. The Bertz CT molecular complexity index is 1270. The van der Waals surface area contributed by atoms with Gasteiger partial charge in [0.25, 0.3) is 11.5 Å². The standard InChI is InChI=1S/C23H24F3N5O3/c1-13-9-15-17(29-21(13)32)10-14(11-19(15)34-23(25)26)12-30-5-7-31(8-6-30)18-4-3-16(22(33)27-2)28-20(18)24/h3-4,9-11,23H,5-8,12H2,1-2H3,(H,27,33)(H,29,32). The van der Waals surface area contributed by atoms with Crippen LogP contribution < -0.4 is 20.5 Å². The number of fused-ring (bicyclic) bond motifs is 1. The fourth-order valence-corrected chi connectivity index (χ4v) is 4.05. The van der Waals surface area contributed by atoms with Crippen LogP contribution in [0.15, 0.2) is 35.1 Å². The molecule has 1 saturated heterocycles. The number of carbonyl (C=O) groups is 1. The molecule has 1 fully saturated rings. The number of hydrogen-bond donors (Lipinski definition) is 2. The second-order valence-corrected chi connectivity index (χ2v) is 8.06. The first-order valence-corrected chi connectivity index (χ1v) is 10.7. The molecule has 0 unspecified atom stereocenters. The summed E-state index contributed by atoms with van der Waals surface area (Å²) in [5.41, 5.74) is 1.57. The molecule has 180 valence electrons. The summed E-state index contributed by atoms with van der Waals surface area (Å²) in [5, 5.41) is 2.82. The lowest BCUT2D eigenvalue weighted by atomic mass is 10.1. The van der Waals surface area contributed by atoms with E-state index in [0.29, 0.717) is 60.4 Å². The lowest BCUT2D eigenvalue weighted by molar-refractivity contribution is -0.0488. The number of piperazine rings is 1. The predicted molar refractivity (Wildman–Crippen MR) is 121 cm³/mol. The molecule has 0 radical (unpaired) electrons. The molecule has 0 saturated carbocycles. The number of pyridine rings is 2. The van der Waals surface area contributed by atoms with Crippen LogP contribution in [0.5, 0.6) is 5.75 Å². The highest BCUT2D eigenvalue weighted by Crippen LogP contribution is 2.29. The van der Waals surface area contributed by atoms with E-state index in [-0.39, 0.29) is 17.0 Å². The number of nitrogens with one attached hydrogen (secondary N) is 2. The maximum Gasteiger partial charge on any atom is 0.387 e. The van der Waals surface area contributed by atoms with Crippen molar-refractivity contribution in [2.75, 3.05) is 38.1 Å². The fraction of sp³-hybridized carbons (Fsp3) is 0.348. The largest absolute Gasteiger partial charge is 0.434 e. The molecule has 2 N–H and O–H groups in total. The van der Waals surface area contributed by atoms with Crippen LogP contribution in [0.2, 0.25) is 0 Å². The lowest BCUT2D eigenvalue weighted by Crippen LogP contribution is -2.46. The van der Waals surface area contributed by atoms with Crippen LogP contribution in [0.1, 0.15) is 21.6 Å². The first kappa shape index (κ1) is 23.6. The number of alkyl halides is 2. The van der Waals surface area contributed by atoms with Crippen molar-refractivity contribution in [3.8, 4) is 5.75 Å². The van der Waals surface area contributed by atoms with Gasteiger partial charge in [-0.25, -0.2) is 4.98 Å². The minimum Gasteiger partial charge on any atom is -0.434 e. The SMILES string of the molecule is CNC(=O)c1ccc(N2CCN(Cc3cc(OC(F)F)c4cc(C)c(=O)[nH]c4c3)CC2)c(F)n1. The first-order valence-electron chi connectivity index (χ1n) is 10.7. The summed E-state index contributed by atoms with van der Waals surface area (Å²) in [6.45, 7) is 1.25. The Kier molecular flexibility index (Phi) is 6.73. The van der Waals surface area contributed by atoms with E-state index in [9.17, 15) is 22.8 Å². The summed E-state index contributed by atoms with van der Waals surface area (Å²) >= 11 is 0. The van der Waals surface area contributed by atoms with Crippen LogP contribution in [0.25, 0.3) is 10.9 Å². The Morgan fingerprint density at radius 1 is 1.21 bits per heavy atom. The van der Waals surface area contributed by atoms with Crippen LogP contribution in [-0.2, 0) is 6.54 Å². The van der Waals surface area contributed by atoms with E-state index in [1.54, 1.807) is 19.1 Å². The van der Waals surface area contributed by atoms with E-state index in [4.69, 9.17) is 4.74 Å². The number of halogens is 3. The third-order valence-electron chi connectivity index (χ3n) is 5.79. The van der Waals surface area contributed by atoms with E-state index in [1.807, 2.05) is 4.90 Å². The van der Waals surface area contributed by atoms with Crippen molar-refractivity contribution in [3.63, 3.8) is 0 Å². The number of aromatic nitrogens is 2. The molecular formula is C23H24F3N5O3. The van der Waals surface area contributed by atoms with Gasteiger partial charge in [0.15, 0.2) is 0 Å². The van der Waals surface area contributed by atoms with E-state index >= 15 is 0 Å². The van der Waals surface area contributed by atoms with Gasteiger partial charge in [-0.2, -0.15) is 13.2 Å². The van der Waals surface area contributed by atoms with Gasteiger partial charge in [-0.1, -0.05) is 0 Å². The van der Waals surface area contributed by atoms with Gasteiger partial charge in [0.2, 0.25) is 5.95 Å². The molecule has 34 heavy (non-hydrogen) atoms. The molecule has 3 aromatic rings. The van der Waals surface area contributed by atoms with Crippen LogP contribution in [0.4, 0.5) is 18.9 Å². The normalized spacial score (nSPS) is 14.6. The van der Waals surface area contributed by atoms with Crippen molar-refractivity contribution in [3.05, 3.63) is 63.5 Å². The van der Waals surface area contributed by atoms with Crippen LogP contribution in [-0.4, -0.2) is 60.6 Å². The number of benzene rings is 1. The van der Waals surface area contributed by atoms with Gasteiger partial charge < -0.3 is 19.9 Å². The topological polar surface area (TPSA) is 90.6 Å². The third kappa shape index (κ3) is 4.98. The summed E-state index contributed by atoms with van der Waals surface area (Å²) in [6, 6.07) is 7.86. The molecule has 1 amide bonds. The molecule has 0 spiro atoms. The molecule has 11 heteroatoms. The number of rotatable bonds is 6. The molecular weight excluding hydrogens is 451 g/mol. The van der Waals surface area contributed by atoms with Gasteiger partial charge in [-0.3, -0.25) is 14.5 Å². The van der Waals surface area contributed by atoms with Crippen LogP contribution in [0, 0.1) is 12.9 Å². The maximum absolute atomic E-state index is 14.5. The monoisotopic (exact) mass is 475 g/mol. The zero-order valence-electron chi connectivity index (χ0n) is 18.7. The van der Waals surface area contributed by atoms with Gasteiger partial charge in [-0.05, 0) is 42.8 Å². The highest BCUT2D eigenvalue weighted by Gasteiger charge is 2.22. The van der Waals surface area contributed by atoms with E-state index in [0.717, 1.165) is 0 Å². The molecule has 1 aliphatic rings. The molecule has 4 rings (SSSR count). The summed E-state index contributed by atoms with van der Waals surface area (Å²) in [5.74, 6) is -1.17. The second-order valence-electron chi connectivity index (χ2n) is 8.06. The number of H-pyrrole nitrogens is 1. The van der Waals surface area contributed by atoms with Gasteiger partial charge in [0.05, 0.1) is 11.2 Å². The average molecular weight is 475 g/mol. The number of carbonyl (C=O) groups excluding carboxylic acids is 1. The summed E-state index contributed by atoms with van der Waals surface area (Å²) < 4.78 is 45.2. The van der Waals surface area contributed by atoms with Crippen molar-refractivity contribution in [2.24, 2.45) is 0 Å². The Hall–Kier alpha value is -3.60. The van der Waals surface area contributed by atoms with Crippen LogP contribution >= 0.6 is 0 Å². The predicted octanol–water partition coefficient (Wildman–Crippen LogP) is 2.65. The minimum atomic E-state index is -2.99. The van der Waals surface area contributed by atoms with E-state index < -0.39 is 18.5 Å². The molecule has 1 aliphatic heterocycles. The van der Waals surface area contributed by atoms with Crippen molar-refractivity contribution in [1.29, 1.82) is 0 Å². The van der Waals surface area contributed by atoms with E-state index in [1.165, 1.54) is 25.2 Å². The van der Waals surface area contributed by atoms with Gasteiger partial charge in [0, 0.05) is 50.7 Å². The first-order chi connectivity index (χ1) is 16.2. The fourth-order valence-electron chi connectivity index (χ4n) is 4.05. The number of ether oxygens (including phenoxy) is 1. The van der Waals surface area contributed by atoms with Gasteiger partial charge in [-0.15, -0.1) is 0 Å². The zero-order chi connectivity index (χ0) is 24.4. The second kappa shape index (κ2) is 9.72. The van der Waals surface area contributed by atoms with Crippen LogP contribution in [0.3, 0.4) is 0 Å². The molecule has 1 aromatic carbocycles. The van der Waals surface area contributed by atoms with Crippen molar-refractivity contribution in [2.45, 2.75) is 20.1 Å². The number of aryl methyl sites for hydroxylation is 1. The Labute approximate surface area is 193 Å². The summed E-state index contributed by atoms with van der Waals surface area (Å²) in [4.78, 5) is 34.1. The number of hydrogen-bond acceptors (Lipinski definition) is 6.